The summed E-state index contributed by atoms with van der Waals surface area (Å²) in [5.41, 5.74) is 2.64. The Bertz CT molecular complexity index is 867. The van der Waals surface area contributed by atoms with Crippen LogP contribution in [0.3, 0.4) is 0 Å². The van der Waals surface area contributed by atoms with Crippen LogP contribution in [0.15, 0.2) is 48.5 Å². The van der Waals surface area contributed by atoms with Crippen LogP contribution in [0, 0.1) is 0 Å². The first-order valence-electron chi connectivity index (χ1n) is 10.2. The molecule has 1 N–H and O–H groups in total. The normalized spacial score (nSPS) is 17.5. The van der Waals surface area contributed by atoms with Gasteiger partial charge in [-0.2, -0.15) is 0 Å². The standard InChI is InChI=1S/C24H29NO4/c1-24(2,3)29-23(28)25-15-6-4-5-10-21(25)18-13-11-17(12-14-18)19-8-7-9-20(16-19)22(26)27/h7-9,11-14,16,21H,4-6,10,15H2,1-3H3,(H,26,27)/t21-/m0/s1. The zero-order chi connectivity index (χ0) is 21.0. The first-order valence-corrected chi connectivity index (χ1v) is 10.2. The highest BCUT2D eigenvalue weighted by Crippen LogP contribution is 2.33. The van der Waals surface area contributed by atoms with E-state index in [2.05, 4.69) is 0 Å². The SMILES string of the molecule is CC(C)(C)OC(=O)N1CCCCC[C@H]1c1ccc(-c2cccc(C(=O)O)c2)cc1. The van der Waals surface area contributed by atoms with E-state index in [1.54, 1.807) is 18.2 Å². The molecule has 1 aliphatic heterocycles. The minimum absolute atomic E-state index is 0.00764. The number of hydrogen-bond acceptors (Lipinski definition) is 3. The van der Waals surface area contributed by atoms with Crippen molar-refractivity contribution in [3.05, 3.63) is 59.7 Å². The number of carbonyl (C=O) groups excluding carboxylic acids is 1. The molecule has 29 heavy (non-hydrogen) atoms. The van der Waals surface area contributed by atoms with Gasteiger partial charge in [0.2, 0.25) is 0 Å². The fraction of sp³-hybridized carbons (Fsp3) is 0.417. The summed E-state index contributed by atoms with van der Waals surface area (Å²) >= 11 is 0. The van der Waals surface area contributed by atoms with E-state index in [4.69, 9.17) is 4.74 Å². The van der Waals surface area contributed by atoms with Gasteiger partial charge in [0.05, 0.1) is 11.6 Å². The van der Waals surface area contributed by atoms with Gasteiger partial charge in [-0.25, -0.2) is 9.59 Å². The zero-order valence-electron chi connectivity index (χ0n) is 17.4. The van der Waals surface area contributed by atoms with Crippen molar-refractivity contribution in [2.75, 3.05) is 6.54 Å². The summed E-state index contributed by atoms with van der Waals surface area (Å²) in [5, 5.41) is 9.21. The molecule has 5 nitrogen and oxygen atoms in total. The lowest BCUT2D eigenvalue weighted by molar-refractivity contribution is 0.0163. The predicted octanol–water partition coefficient (Wildman–Crippen LogP) is 5.90. The largest absolute Gasteiger partial charge is 0.478 e. The van der Waals surface area contributed by atoms with Crippen LogP contribution in [-0.4, -0.2) is 34.2 Å². The number of hydrogen-bond donors (Lipinski definition) is 1. The Balaban J connectivity index is 1.85. The van der Waals surface area contributed by atoms with Crippen LogP contribution in [0.5, 0.6) is 0 Å². The smallest absolute Gasteiger partial charge is 0.410 e. The molecule has 2 aromatic carbocycles. The molecule has 0 radical (unpaired) electrons. The number of carbonyl (C=O) groups is 2. The molecule has 1 amide bonds. The maximum atomic E-state index is 12.8. The van der Waals surface area contributed by atoms with Crippen LogP contribution in [-0.2, 0) is 4.74 Å². The maximum absolute atomic E-state index is 12.8. The summed E-state index contributed by atoms with van der Waals surface area (Å²) in [6, 6.07) is 15.0. The molecule has 0 spiro atoms. The summed E-state index contributed by atoms with van der Waals surface area (Å²) < 4.78 is 5.64. The average Bonchev–Trinajstić information content (AvgIpc) is 2.93. The van der Waals surface area contributed by atoms with Gasteiger partial charge in [-0.15, -0.1) is 0 Å². The molecule has 0 unspecified atom stereocenters. The van der Waals surface area contributed by atoms with Gasteiger partial charge in [-0.1, -0.05) is 49.2 Å². The van der Waals surface area contributed by atoms with Crippen molar-refractivity contribution in [3.63, 3.8) is 0 Å². The molecule has 3 rings (SSSR count). The second-order valence-electron chi connectivity index (χ2n) is 8.55. The fourth-order valence-electron chi connectivity index (χ4n) is 3.72. The third-order valence-corrected chi connectivity index (χ3v) is 5.12. The Kier molecular flexibility index (Phi) is 6.26. The van der Waals surface area contributed by atoms with Crippen molar-refractivity contribution in [1.82, 2.24) is 4.90 Å². The fourth-order valence-corrected chi connectivity index (χ4v) is 3.72. The minimum atomic E-state index is -0.935. The number of nitrogens with zero attached hydrogens (tertiary/aromatic N) is 1. The highest BCUT2D eigenvalue weighted by molar-refractivity contribution is 5.89. The lowest BCUT2D eigenvalue weighted by Gasteiger charge is -2.32. The van der Waals surface area contributed by atoms with Gasteiger partial charge >= 0.3 is 12.1 Å². The number of amides is 1. The van der Waals surface area contributed by atoms with Crippen LogP contribution in [0.1, 0.15) is 68.4 Å². The molecule has 1 atom stereocenters. The van der Waals surface area contributed by atoms with Crippen molar-refractivity contribution < 1.29 is 19.4 Å². The van der Waals surface area contributed by atoms with Gasteiger partial charge in [0.25, 0.3) is 0 Å². The van der Waals surface area contributed by atoms with E-state index in [1.807, 2.05) is 56.0 Å². The molecule has 0 aliphatic carbocycles. The number of aromatic carboxylic acids is 1. The molecule has 0 aromatic heterocycles. The molecular weight excluding hydrogens is 366 g/mol. The molecule has 154 valence electrons. The molecule has 5 heteroatoms. The molecule has 1 saturated heterocycles. The number of carboxylic acids is 1. The predicted molar refractivity (Wildman–Crippen MR) is 113 cm³/mol. The van der Waals surface area contributed by atoms with Gasteiger partial charge in [0.15, 0.2) is 0 Å². The Labute approximate surface area is 172 Å². The molecule has 2 aromatic rings. The van der Waals surface area contributed by atoms with Crippen molar-refractivity contribution >= 4 is 12.1 Å². The summed E-state index contributed by atoms with van der Waals surface area (Å²) in [5.74, 6) is -0.935. The van der Waals surface area contributed by atoms with Crippen molar-refractivity contribution in [2.24, 2.45) is 0 Å². The Hall–Kier alpha value is -2.82. The summed E-state index contributed by atoms with van der Waals surface area (Å²) in [4.78, 5) is 25.9. The van der Waals surface area contributed by atoms with Gasteiger partial charge in [0.1, 0.15) is 5.60 Å². The topological polar surface area (TPSA) is 66.8 Å². The zero-order valence-corrected chi connectivity index (χ0v) is 17.4. The number of rotatable bonds is 3. The third-order valence-electron chi connectivity index (χ3n) is 5.12. The second kappa shape index (κ2) is 8.68. The van der Waals surface area contributed by atoms with Crippen LogP contribution in [0.2, 0.25) is 0 Å². The van der Waals surface area contributed by atoms with Crippen LogP contribution < -0.4 is 0 Å². The minimum Gasteiger partial charge on any atom is -0.478 e. The third kappa shape index (κ3) is 5.37. The Morgan fingerprint density at radius 2 is 1.72 bits per heavy atom. The van der Waals surface area contributed by atoms with Gasteiger partial charge < -0.3 is 14.7 Å². The van der Waals surface area contributed by atoms with E-state index in [-0.39, 0.29) is 17.7 Å². The van der Waals surface area contributed by atoms with Crippen molar-refractivity contribution in [1.29, 1.82) is 0 Å². The number of likely N-dealkylation sites (tertiary alicyclic amines) is 1. The maximum Gasteiger partial charge on any atom is 0.410 e. The Morgan fingerprint density at radius 3 is 2.38 bits per heavy atom. The summed E-state index contributed by atoms with van der Waals surface area (Å²) in [6.45, 7) is 6.36. The monoisotopic (exact) mass is 395 g/mol. The highest BCUT2D eigenvalue weighted by Gasteiger charge is 2.30. The van der Waals surface area contributed by atoms with E-state index >= 15 is 0 Å². The van der Waals surface area contributed by atoms with E-state index in [9.17, 15) is 14.7 Å². The quantitative estimate of drug-likeness (QED) is 0.702. The molecule has 1 heterocycles. The first kappa shape index (κ1) is 20.9. The van der Waals surface area contributed by atoms with E-state index in [1.165, 1.54) is 0 Å². The van der Waals surface area contributed by atoms with Gasteiger partial charge in [0, 0.05) is 6.54 Å². The highest BCUT2D eigenvalue weighted by atomic mass is 16.6. The summed E-state index contributed by atoms with van der Waals surface area (Å²) in [6.07, 6.45) is 3.81. The molecule has 1 fully saturated rings. The second-order valence-corrected chi connectivity index (χ2v) is 8.55. The van der Waals surface area contributed by atoms with E-state index in [0.29, 0.717) is 6.54 Å². The number of carboxylic acid groups (broad SMARTS) is 1. The van der Waals surface area contributed by atoms with Crippen LogP contribution in [0.25, 0.3) is 11.1 Å². The van der Waals surface area contributed by atoms with Crippen LogP contribution >= 0.6 is 0 Å². The lowest BCUT2D eigenvalue weighted by atomic mass is 9.97. The number of benzene rings is 2. The first-order chi connectivity index (χ1) is 13.7. The summed E-state index contributed by atoms with van der Waals surface area (Å²) in [7, 11) is 0. The van der Waals surface area contributed by atoms with Crippen molar-refractivity contribution in [2.45, 2.75) is 58.1 Å². The number of ether oxygens (including phenoxy) is 1. The molecular formula is C24H29NO4. The van der Waals surface area contributed by atoms with Gasteiger partial charge in [-0.05, 0) is 62.4 Å². The van der Waals surface area contributed by atoms with E-state index < -0.39 is 11.6 Å². The molecule has 0 saturated carbocycles. The van der Waals surface area contributed by atoms with Gasteiger partial charge in [-0.3, -0.25) is 0 Å². The molecule has 1 aliphatic rings. The van der Waals surface area contributed by atoms with Crippen LogP contribution in [0.4, 0.5) is 4.79 Å². The lowest BCUT2D eigenvalue weighted by Crippen LogP contribution is -2.39. The van der Waals surface area contributed by atoms with E-state index in [0.717, 1.165) is 42.4 Å². The Morgan fingerprint density at radius 1 is 1.00 bits per heavy atom. The van der Waals surface area contributed by atoms with Crippen molar-refractivity contribution in [3.8, 4) is 11.1 Å². The molecule has 0 bridgehead atoms. The average molecular weight is 395 g/mol.